The van der Waals surface area contributed by atoms with Gasteiger partial charge in [-0.05, 0) is 87.1 Å². The summed E-state index contributed by atoms with van der Waals surface area (Å²) in [5.41, 5.74) is 5.68. The summed E-state index contributed by atoms with van der Waals surface area (Å²) in [5, 5.41) is 15.0. The quantitative estimate of drug-likeness (QED) is 0.863. The predicted molar refractivity (Wildman–Crippen MR) is 83.0 cm³/mol. The Labute approximate surface area is 122 Å². The number of aliphatic hydroxyl groups is 1. The highest BCUT2D eigenvalue weighted by Crippen LogP contribution is 2.48. The Kier molecular flexibility index (Phi) is 3.42. The number of benzene rings is 1. The molecule has 1 aromatic rings. The fraction of sp³-hybridized carbons (Fsp3) is 0.667. The minimum absolute atomic E-state index is 0.437. The van der Waals surface area contributed by atoms with Crippen molar-refractivity contribution in [3.63, 3.8) is 0 Å². The molecule has 1 unspecified atom stereocenters. The molecular weight excluding hydrogens is 246 g/mol. The van der Waals surface area contributed by atoms with Crippen LogP contribution >= 0.6 is 0 Å². The Balaban J connectivity index is 2.01. The normalized spacial score (nSPS) is 21.9. The van der Waals surface area contributed by atoms with Gasteiger partial charge in [-0.25, -0.2) is 0 Å². The van der Waals surface area contributed by atoms with Gasteiger partial charge in [-0.1, -0.05) is 6.07 Å². The number of aryl methyl sites for hydroxylation is 2. The minimum atomic E-state index is -0.673. The van der Waals surface area contributed by atoms with E-state index < -0.39 is 5.60 Å². The molecule has 2 saturated carbocycles. The molecule has 0 heterocycles. The Hall–Kier alpha value is -0.860. The largest absolute Gasteiger partial charge is 0.384 e. The molecule has 0 saturated heterocycles. The van der Waals surface area contributed by atoms with Crippen LogP contribution < -0.4 is 5.32 Å². The third-order valence-corrected chi connectivity index (χ3v) is 5.29. The smallest absolute Gasteiger partial charge is 0.105 e. The summed E-state index contributed by atoms with van der Waals surface area (Å²) in [7, 11) is 0. The van der Waals surface area contributed by atoms with E-state index in [-0.39, 0.29) is 0 Å². The predicted octanol–water partition coefficient (Wildman–Crippen LogP) is 3.27. The van der Waals surface area contributed by atoms with Gasteiger partial charge in [0.2, 0.25) is 0 Å². The first-order valence-electron chi connectivity index (χ1n) is 7.97. The maximum Gasteiger partial charge on any atom is 0.105 e. The first-order chi connectivity index (χ1) is 9.43. The lowest BCUT2D eigenvalue weighted by molar-refractivity contribution is 0.0118. The molecule has 1 atom stereocenters. The van der Waals surface area contributed by atoms with E-state index >= 15 is 0 Å². The number of hydrogen-bond donors (Lipinski definition) is 2. The number of nitrogens with one attached hydrogen (secondary N) is 1. The van der Waals surface area contributed by atoms with Crippen molar-refractivity contribution in [2.45, 2.75) is 65.0 Å². The fourth-order valence-corrected chi connectivity index (χ4v) is 3.45. The van der Waals surface area contributed by atoms with Crippen LogP contribution in [0.4, 0.5) is 0 Å². The van der Waals surface area contributed by atoms with E-state index in [1.54, 1.807) is 0 Å². The van der Waals surface area contributed by atoms with Crippen LogP contribution in [0.3, 0.4) is 0 Å². The molecule has 2 fully saturated rings. The molecule has 0 bridgehead atoms. The van der Waals surface area contributed by atoms with Crippen molar-refractivity contribution in [1.82, 2.24) is 5.32 Å². The summed E-state index contributed by atoms with van der Waals surface area (Å²) in [6.07, 6.45) is 4.86. The highest BCUT2D eigenvalue weighted by Gasteiger charge is 2.47. The molecule has 2 aliphatic carbocycles. The van der Waals surface area contributed by atoms with Crippen LogP contribution in [0.2, 0.25) is 0 Å². The molecule has 110 valence electrons. The Bertz CT molecular complexity index is 502. The molecule has 0 aliphatic heterocycles. The topological polar surface area (TPSA) is 32.3 Å². The van der Waals surface area contributed by atoms with Crippen LogP contribution in [-0.4, -0.2) is 17.7 Å². The van der Waals surface area contributed by atoms with Gasteiger partial charge in [-0.15, -0.1) is 0 Å². The van der Waals surface area contributed by atoms with Crippen LogP contribution in [0, 0.1) is 33.6 Å². The first-order valence-corrected chi connectivity index (χ1v) is 7.97. The minimum Gasteiger partial charge on any atom is -0.384 e. The maximum absolute atomic E-state index is 11.4. The zero-order chi connectivity index (χ0) is 14.5. The molecule has 3 rings (SSSR count). The Morgan fingerprint density at radius 1 is 1.05 bits per heavy atom. The Morgan fingerprint density at radius 2 is 1.60 bits per heavy atom. The van der Waals surface area contributed by atoms with Gasteiger partial charge < -0.3 is 10.4 Å². The van der Waals surface area contributed by atoms with E-state index in [0.717, 1.165) is 12.8 Å². The molecule has 0 aromatic heterocycles. The van der Waals surface area contributed by atoms with Crippen LogP contribution in [0.5, 0.6) is 0 Å². The standard InChI is InChI=1S/C18H27NO/c1-11-9-12(2)14(4)17(13(11)3)18(20,15-5-6-15)10-19-16-7-8-16/h9,15-16,19-20H,5-8,10H2,1-4H3. The van der Waals surface area contributed by atoms with Gasteiger partial charge in [0.25, 0.3) is 0 Å². The number of rotatable bonds is 5. The summed E-state index contributed by atoms with van der Waals surface area (Å²) < 4.78 is 0. The molecule has 2 aliphatic rings. The maximum atomic E-state index is 11.4. The highest BCUT2D eigenvalue weighted by atomic mass is 16.3. The summed E-state index contributed by atoms with van der Waals surface area (Å²) >= 11 is 0. The average molecular weight is 273 g/mol. The molecule has 2 heteroatoms. The Morgan fingerprint density at radius 3 is 2.05 bits per heavy atom. The molecule has 20 heavy (non-hydrogen) atoms. The van der Waals surface area contributed by atoms with Gasteiger partial charge in [0, 0.05) is 12.6 Å². The third kappa shape index (κ3) is 2.40. The van der Waals surface area contributed by atoms with Crippen LogP contribution in [0.1, 0.15) is 53.5 Å². The lowest BCUT2D eigenvalue weighted by Gasteiger charge is -2.34. The van der Waals surface area contributed by atoms with Gasteiger partial charge >= 0.3 is 0 Å². The van der Waals surface area contributed by atoms with Gasteiger partial charge in [0.05, 0.1) is 0 Å². The first kappa shape index (κ1) is 14.1. The van der Waals surface area contributed by atoms with Crippen molar-refractivity contribution in [3.8, 4) is 0 Å². The second-order valence-electron chi connectivity index (χ2n) is 6.99. The molecule has 0 amide bonds. The zero-order valence-corrected chi connectivity index (χ0v) is 13.2. The zero-order valence-electron chi connectivity index (χ0n) is 13.2. The average Bonchev–Trinajstić information content (AvgIpc) is 3.27. The van der Waals surface area contributed by atoms with Crippen LogP contribution in [0.25, 0.3) is 0 Å². The lowest BCUT2D eigenvalue weighted by atomic mass is 9.80. The summed E-state index contributed by atoms with van der Waals surface area (Å²) in [4.78, 5) is 0. The van der Waals surface area contributed by atoms with E-state index in [0.29, 0.717) is 18.5 Å². The third-order valence-electron chi connectivity index (χ3n) is 5.29. The number of hydrogen-bond acceptors (Lipinski definition) is 2. The summed E-state index contributed by atoms with van der Waals surface area (Å²) in [5.74, 6) is 0.437. The van der Waals surface area contributed by atoms with Crippen molar-refractivity contribution in [3.05, 3.63) is 33.9 Å². The molecule has 1 aromatic carbocycles. The van der Waals surface area contributed by atoms with Gasteiger partial charge in [0.15, 0.2) is 0 Å². The monoisotopic (exact) mass is 273 g/mol. The molecular formula is C18H27NO. The van der Waals surface area contributed by atoms with Crippen molar-refractivity contribution in [2.75, 3.05) is 6.54 Å². The fourth-order valence-electron chi connectivity index (χ4n) is 3.45. The van der Waals surface area contributed by atoms with E-state index in [1.807, 2.05) is 0 Å². The molecule has 2 nitrogen and oxygen atoms in total. The van der Waals surface area contributed by atoms with Gasteiger partial charge in [-0.3, -0.25) is 0 Å². The van der Waals surface area contributed by atoms with Crippen LogP contribution in [0.15, 0.2) is 6.07 Å². The molecule has 0 spiro atoms. The van der Waals surface area contributed by atoms with Crippen molar-refractivity contribution in [2.24, 2.45) is 5.92 Å². The second kappa shape index (κ2) is 4.85. The van der Waals surface area contributed by atoms with Crippen molar-refractivity contribution in [1.29, 1.82) is 0 Å². The summed E-state index contributed by atoms with van der Waals surface area (Å²) in [6, 6.07) is 2.89. The van der Waals surface area contributed by atoms with Crippen LogP contribution in [-0.2, 0) is 5.60 Å². The highest BCUT2D eigenvalue weighted by molar-refractivity contribution is 5.48. The molecule has 0 radical (unpaired) electrons. The van der Waals surface area contributed by atoms with E-state index in [1.165, 1.54) is 40.7 Å². The van der Waals surface area contributed by atoms with Gasteiger partial charge in [0.1, 0.15) is 5.60 Å². The van der Waals surface area contributed by atoms with Crippen molar-refractivity contribution < 1.29 is 5.11 Å². The summed E-state index contributed by atoms with van der Waals surface area (Å²) in [6.45, 7) is 9.37. The molecule has 2 N–H and O–H groups in total. The SMILES string of the molecule is Cc1cc(C)c(C)c(C(O)(CNC2CC2)C2CC2)c1C. The lowest BCUT2D eigenvalue weighted by Crippen LogP contribution is -2.42. The van der Waals surface area contributed by atoms with E-state index in [2.05, 4.69) is 39.1 Å². The van der Waals surface area contributed by atoms with Crippen molar-refractivity contribution >= 4 is 0 Å². The van der Waals surface area contributed by atoms with E-state index in [4.69, 9.17) is 0 Å². The van der Waals surface area contributed by atoms with Gasteiger partial charge in [-0.2, -0.15) is 0 Å². The second-order valence-corrected chi connectivity index (χ2v) is 6.99. The van der Waals surface area contributed by atoms with E-state index in [9.17, 15) is 5.11 Å².